The highest BCUT2D eigenvalue weighted by atomic mass is 32.2. The van der Waals surface area contributed by atoms with E-state index in [2.05, 4.69) is 0 Å². The van der Waals surface area contributed by atoms with Crippen molar-refractivity contribution in [2.24, 2.45) is 0 Å². The molecule has 0 amide bonds. The third-order valence-electron chi connectivity index (χ3n) is 4.71. The fraction of sp³-hybridized carbons (Fsp3) is 0.368. The van der Waals surface area contributed by atoms with E-state index >= 15 is 0 Å². The number of rotatable bonds is 5. The van der Waals surface area contributed by atoms with Gasteiger partial charge in [-0.1, -0.05) is 24.3 Å². The number of methoxy groups -OCH3 is 2. The summed E-state index contributed by atoms with van der Waals surface area (Å²) in [6.45, 7) is 2.52. The fourth-order valence-electron chi connectivity index (χ4n) is 3.41. The van der Waals surface area contributed by atoms with Gasteiger partial charge in [0.2, 0.25) is 10.0 Å². The van der Waals surface area contributed by atoms with Crippen LogP contribution in [0.1, 0.15) is 30.0 Å². The van der Waals surface area contributed by atoms with E-state index in [4.69, 9.17) is 9.47 Å². The van der Waals surface area contributed by atoms with Gasteiger partial charge < -0.3 is 9.47 Å². The van der Waals surface area contributed by atoms with Crippen molar-refractivity contribution in [2.45, 2.75) is 30.7 Å². The summed E-state index contributed by atoms with van der Waals surface area (Å²) in [5.41, 5.74) is 2.16. The molecule has 2 aromatic rings. The Balaban J connectivity index is 2.06. The Bertz CT molecular complexity index is 863. The monoisotopic (exact) mass is 361 g/mol. The minimum atomic E-state index is -3.70. The van der Waals surface area contributed by atoms with Crippen molar-refractivity contribution in [1.82, 2.24) is 4.31 Å². The fourth-order valence-corrected chi connectivity index (χ4v) is 5.26. The normalized spacial score (nSPS) is 18.3. The third kappa shape index (κ3) is 3.24. The Hall–Kier alpha value is -2.05. The van der Waals surface area contributed by atoms with Crippen LogP contribution in [0.3, 0.4) is 0 Å². The summed E-state index contributed by atoms with van der Waals surface area (Å²) < 4.78 is 38.8. The number of ether oxygens (including phenoxy) is 2. The van der Waals surface area contributed by atoms with Crippen LogP contribution in [0.2, 0.25) is 0 Å². The van der Waals surface area contributed by atoms with Crippen molar-refractivity contribution in [3.63, 3.8) is 0 Å². The van der Waals surface area contributed by atoms with Crippen molar-refractivity contribution in [2.75, 3.05) is 20.8 Å². The molecule has 25 heavy (non-hydrogen) atoms. The lowest BCUT2D eigenvalue weighted by molar-refractivity contribution is 0.375. The predicted molar refractivity (Wildman–Crippen MR) is 96.6 cm³/mol. The highest BCUT2D eigenvalue weighted by Gasteiger charge is 2.38. The summed E-state index contributed by atoms with van der Waals surface area (Å²) in [6, 6.07) is 12.7. The Labute approximate surface area is 149 Å². The molecule has 1 heterocycles. The maximum absolute atomic E-state index is 13.4. The smallest absolute Gasteiger partial charge is 0.247 e. The number of benzene rings is 2. The zero-order chi connectivity index (χ0) is 18.0. The maximum Gasteiger partial charge on any atom is 0.247 e. The lowest BCUT2D eigenvalue weighted by Gasteiger charge is -2.26. The number of nitrogens with zero attached hydrogens (tertiary/aromatic N) is 1. The first-order valence-electron chi connectivity index (χ1n) is 8.28. The lowest BCUT2D eigenvalue weighted by Crippen LogP contribution is -2.31. The van der Waals surface area contributed by atoms with E-state index in [-0.39, 0.29) is 10.9 Å². The molecule has 1 fully saturated rings. The van der Waals surface area contributed by atoms with Crippen LogP contribution in [0.5, 0.6) is 11.5 Å². The quantitative estimate of drug-likeness (QED) is 0.817. The average molecular weight is 361 g/mol. The van der Waals surface area contributed by atoms with Gasteiger partial charge in [-0.2, -0.15) is 4.31 Å². The van der Waals surface area contributed by atoms with Crippen LogP contribution in [0.25, 0.3) is 0 Å². The summed E-state index contributed by atoms with van der Waals surface area (Å²) in [7, 11) is -0.706. The van der Waals surface area contributed by atoms with Crippen LogP contribution in [-0.4, -0.2) is 33.5 Å². The van der Waals surface area contributed by atoms with E-state index in [1.54, 1.807) is 16.4 Å². The molecule has 0 bridgehead atoms. The van der Waals surface area contributed by atoms with Crippen LogP contribution in [0.15, 0.2) is 47.4 Å². The van der Waals surface area contributed by atoms with Gasteiger partial charge in [-0.05, 0) is 43.0 Å². The third-order valence-corrected chi connectivity index (χ3v) is 6.64. The Kier molecular flexibility index (Phi) is 5.01. The van der Waals surface area contributed by atoms with E-state index in [1.165, 1.54) is 20.3 Å². The van der Waals surface area contributed by atoms with Crippen molar-refractivity contribution < 1.29 is 17.9 Å². The second-order valence-electron chi connectivity index (χ2n) is 6.15. The van der Waals surface area contributed by atoms with Gasteiger partial charge in [0, 0.05) is 12.6 Å². The van der Waals surface area contributed by atoms with Crippen LogP contribution in [0, 0.1) is 6.92 Å². The molecule has 134 valence electrons. The van der Waals surface area contributed by atoms with E-state index in [1.807, 2.05) is 31.2 Å². The molecule has 0 aliphatic carbocycles. The van der Waals surface area contributed by atoms with Crippen molar-refractivity contribution in [3.05, 3.63) is 53.6 Å². The van der Waals surface area contributed by atoms with Gasteiger partial charge in [-0.25, -0.2) is 8.42 Å². The van der Waals surface area contributed by atoms with Crippen LogP contribution in [-0.2, 0) is 10.0 Å². The SMILES string of the molecule is COc1ccc(OC)c(S(=O)(=O)N2CCCC2c2ccccc2C)c1. The molecule has 1 saturated heterocycles. The van der Waals surface area contributed by atoms with Crippen LogP contribution in [0.4, 0.5) is 0 Å². The second kappa shape index (κ2) is 7.06. The highest BCUT2D eigenvalue weighted by molar-refractivity contribution is 7.89. The first kappa shape index (κ1) is 17.8. The number of sulfonamides is 1. The first-order chi connectivity index (χ1) is 12.0. The second-order valence-corrected chi connectivity index (χ2v) is 8.01. The van der Waals surface area contributed by atoms with Gasteiger partial charge in [0.05, 0.1) is 20.3 Å². The number of aryl methyl sites for hydroxylation is 1. The van der Waals surface area contributed by atoms with Gasteiger partial charge in [0.25, 0.3) is 0 Å². The summed E-state index contributed by atoms with van der Waals surface area (Å²) >= 11 is 0. The van der Waals surface area contributed by atoms with Crippen molar-refractivity contribution in [1.29, 1.82) is 0 Å². The standard InChI is InChI=1S/C19H23NO4S/c1-14-7-4-5-8-16(14)17-9-6-12-20(17)25(21,22)19-13-15(23-2)10-11-18(19)24-3/h4-5,7-8,10-11,13,17H,6,9,12H2,1-3H3. The molecular weight excluding hydrogens is 338 g/mol. The van der Waals surface area contributed by atoms with Gasteiger partial charge in [0.1, 0.15) is 16.4 Å². The molecule has 1 aliphatic rings. The molecule has 0 N–H and O–H groups in total. The van der Waals surface area contributed by atoms with E-state index in [9.17, 15) is 8.42 Å². The molecule has 5 nitrogen and oxygen atoms in total. The number of hydrogen-bond acceptors (Lipinski definition) is 4. The van der Waals surface area contributed by atoms with Crippen molar-refractivity contribution in [3.8, 4) is 11.5 Å². The summed E-state index contributed by atoms with van der Waals surface area (Å²) in [5, 5.41) is 0. The van der Waals surface area contributed by atoms with Gasteiger partial charge in [-0.15, -0.1) is 0 Å². The lowest BCUT2D eigenvalue weighted by atomic mass is 10.0. The minimum Gasteiger partial charge on any atom is -0.497 e. The average Bonchev–Trinajstić information content (AvgIpc) is 3.12. The van der Waals surface area contributed by atoms with E-state index in [0.29, 0.717) is 18.0 Å². The molecule has 6 heteroatoms. The molecule has 3 rings (SSSR count). The predicted octanol–water partition coefficient (Wildman–Crippen LogP) is 3.54. The molecule has 2 aromatic carbocycles. The Morgan fingerprint density at radius 1 is 1.08 bits per heavy atom. The maximum atomic E-state index is 13.4. The minimum absolute atomic E-state index is 0.148. The van der Waals surface area contributed by atoms with E-state index in [0.717, 1.165) is 24.0 Å². The zero-order valence-electron chi connectivity index (χ0n) is 14.7. The van der Waals surface area contributed by atoms with Gasteiger partial charge in [-0.3, -0.25) is 0 Å². The highest BCUT2D eigenvalue weighted by Crippen LogP contribution is 2.40. The Morgan fingerprint density at radius 3 is 2.52 bits per heavy atom. The molecule has 1 unspecified atom stereocenters. The summed E-state index contributed by atoms with van der Waals surface area (Å²) in [4.78, 5) is 0.148. The topological polar surface area (TPSA) is 55.8 Å². The Morgan fingerprint density at radius 2 is 1.84 bits per heavy atom. The molecule has 0 radical (unpaired) electrons. The molecule has 0 aromatic heterocycles. The van der Waals surface area contributed by atoms with Crippen molar-refractivity contribution >= 4 is 10.0 Å². The van der Waals surface area contributed by atoms with Gasteiger partial charge in [0.15, 0.2) is 0 Å². The molecule has 0 spiro atoms. The molecule has 1 aliphatic heterocycles. The molecule has 1 atom stereocenters. The van der Waals surface area contributed by atoms with Crippen LogP contribution < -0.4 is 9.47 Å². The zero-order valence-corrected chi connectivity index (χ0v) is 15.5. The van der Waals surface area contributed by atoms with Gasteiger partial charge >= 0.3 is 0 Å². The number of hydrogen-bond donors (Lipinski definition) is 0. The molecule has 0 saturated carbocycles. The summed E-state index contributed by atoms with van der Waals surface area (Å²) in [6.07, 6.45) is 1.65. The largest absolute Gasteiger partial charge is 0.497 e. The van der Waals surface area contributed by atoms with Crippen LogP contribution >= 0.6 is 0 Å². The molecular formula is C19H23NO4S. The summed E-state index contributed by atoms with van der Waals surface area (Å²) in [5.74, 6) is 0.822. The first-order valence-corrected chi connectivity index (χ1v) is 9.72. The van der Waals surface area contributed by atoms with E-state index < -0.39 is 10.0 Å².